The summed E-state index contributed by atoms with van der Waals surface area (Å²) in [6.07, 6.45) is 1.90. The highest BCUT2D eigenvalue weighted by molar-refractivity contribution is 5.85. The molecule has 4 aliphatic heterocycles. The third-order valence-corrected chi connectivity index (χ3v) is 15.9. The normalized spacial score (nSPS) is 55.0. The second kappa shape index (κ2) is 14.9. The molecule has 0 aromatic heterocycles. The van der Waals surface area contributed by atoms with Gasteiger partial charge in [-0.2, -0.15) is 0 Å². The van der Waals surface area contributed by atoms with E-state index in [0.29, 0.717) is 18.4 Å². The van der Waals surface area contributed by atoms with Crippen LogP contribution in [-0.2, 0) is 38.0 Å². The van der Waals surface area contributed by atoms with Gasteiger partial charge in [0.25, 0.3) is 0 Å². The number of rotatable bonds is 7. The molecular weight excluding hydrogens is 700 g/mol. The van der Waals surface area contributed by atoms with E-state index in [1.165, 1.54) is 0 Å². The summed E-state index contributed by atoms with van der Waals surface area (Å²) in [6.45, 7) is 10.4. The molecule has 4 saturated carbocycles. The van der Waals surface area contributed by atoms with Crippen molar-refractivity contribution in [1.29, 1.82) is 0 Å². The van der Waals surface area contributed by atoms with Crippen molar-refractivity contribution in [2.45, 2.75) is 197 Å². The van der Waals surface area contributed by atoms with Gasteiger partial charge in [0.15, 0.2) is 18.9 Å². The molecule has 0 amide bonds. The molecule has 0 aromatic carbocycles. The predicted octanol–water partition coefficient (Wildman–Crippen LogP) is 3.25. The molecule has 15 unspecified atom stereocenters. The second-order valence-corrected chi connectivity index (χ2v) is 18.7. The lowest BCUT2D eigenvalue weighted by Gasteiger charge is -2.64. The summed E-state index contributed by atoms with van der Waals surface area (Å²) in [5, 5.41) is 55.0. The van der Waals surface area contributed by atoms with Gasteiger partial charge >= 0.3 is 5.97 Å². The highest BCUT2D eigenvalue weighted by atomic mass is 16.7. The molecular formula is C41H64O13. The van der Waals surface area contributed by atoms with E-state index < -0.39 is 79.4 Å². The molecule has 8 rings (SSSR count). The van der Waals surface area contributed by atoms with Gasteiger partial charge in [-0.05, 0) is 113 Å². The molecule has 20 atom stereocenters. The van der Waals surface area contributed by atoms with E-state index in [1.807, 2.05) is 6.92 Å². The average molecular weight is 765 g/mol. The Morgan fingerprint density at radius 3 is 1.89 bits per heavy atom. The fraction of sp³-hybridized carbons (Fsp3) is 0.927. The van der Waals surface area contributed by atoms with Gasteiger partial charge in [-0.1, -0.05) is 13.8 Å². The first-order valence-electron chi connectivity index (χ1n) is 20.8. The minimum Gasteiger partial charge on any atom is -0.458 e. The lowest BCUT2D eigenvalue weighted by atomic mass is 9.43. The highest BCUT2D eigenvalue weighted by Crippen LogP contribution is 2.70. The maximum atomic E-state index is 12.6. The number of carbonyl (C=O) groups is 1. The summed E-state index contributed by atoms with van der Waals surface area (Å²) < 4.78 is 42.2. The largest absolute Gasteiger partial charge is 0.458 e. The van der Waals surface area contributed by atoms with Gasteiger partial charge in [-0.25, -0.2) is 4.79 Å². The Morgan fingerprint density at radius 1 is 0.685 bits per heavy atom. The lowest BCUT2D eigenvalue weighted by Crippen LogP contribution is -2.62. The van der Waals surface area contributed by atoms with Crippen LogP contribution < -0.4 is 0 Å². The number of aliphatic hydroxyl groups excluding tert-OH is 4. The fourth-order valence-electron chi connectivity index (χ4n) is 12.8. The van der Waals surface area contributed by atoms with Crippen molar-refractivity contribution in [2.24, 2.45) is 34.5 Å². The lowest BCUT2D eigenvalue weighted by molar-refractivity contribution is -0.336. The van der Waals surface area contributed by atoms with E-state index in [0.717, 1.165) is 63.4 Å². The van der Waals surface area contributed by atoms with Gasteiger partial charge in [-0.15, -0.1) is 0 Å². The molecule has 13 nitrogen and oxygen atoms in total. The predicted molar refractivity (Wildman–Crippen MR) is 191 cm³/mol. The standard InChI is InChI=1S/C41H64O13/c1-20-36(46)29(42)16-34(49-20)53-38-22(3)51-35(18-31(38)44)54-37-21(2)50-33(17-30(37)43)52-25-8-11-39(4)24(15-25)6-7-28-27(39)9-12-40(5)26(10-13-41(28,40)47)23-14-32(45)48-19-23/h14,20-22,24-31,33-38,42-44,46-47H,6-13,15-19H2,1-5H3/t20?,21?,22?,24?,25?,26-,27+,28-,29?,30?,31?,33?,34?,35?,36?,37?,38?,39+,40-,41?/m1/s1. The number of hydrogen-bond acceptors (Lipinski definition) is 13. The average Bonchev–Trinajstić information content (AvgIpc) is 3.66. The Balaban J connectivity index is 0.826. The molecule has 306 valence electrons. The van der Waals surface area contributed by atoms with Crippen LogP contribution in [0.3, 0.4) is 0 Å². The molecule has 8 aliphatic rings. The van der Waals surface area contributed by atoms with Crippen molar-refractivity contribution < 1.29 is 63.5 Å². The zero-order chi connectivity index (χ0) is 38.3. The van der Waals surface area contributed by atoms with Crippen LogP contribution in [0.2, 0.25) is 0 Å². The second-order valence-electron chi connectivity index (χ2n) is 18.7. The third kappa shape index (κ3) is 6.82. The van der Waals surface area contributed by atoms with Crippen LogP contribution in [0.15, 0.2) is 11.6 Å². The molecule has 7 fully saturated rings. The Hall–Kier alpha value is -1.23. The quantitative estimate of drug-likeness (QED) is 0.188. The van der Waals surface area contributed by atoms with Crippen LogP contribution in [0.25, 0.3) is 0 Å². The van der Waals surface area contributed by atoms with Crippen LogP contribution in [0.1, 0.15) is 112 Å². The Labute approximate surface area is 319 Å². The summed E-state index contributed by atoms with van der Waals surface area (Å²) in [4.78, 5) is 11.9. The third-order valence-electron chi connectivity index (χ3n) is 15.9. The number of esters is 1. The van der Waals surface area contributed by atoms with E-state index in [2.05, 4.69) is 13.8 Å². The first kappa shape index (κ1) is 39.6. The number of fused-ring (bicyclic) bond motifs is 5. The number of carbonyl (C=O) groups excluding carboxylic acids is 1. The van der Waals surface area contributed by atoms with E-state index in [1.54, 1.807) is 19.9 Å². The Morgan fingerprint density at radius 2 is 1.30 bits per heavy atom. The van der Waals surface area contributed by atoms with Gasteiger partial charge in [-0.3, -0.25) is 0 Å². The summed E-state index contributed by atoms with van der Waals surface area (Å²) in [6, 6.07) is 0. The Kier molecular flexibility index (Phi) is 10.9. The number of aliphatic hydroxyl groups is 5. The number of cyclic esters (lactones) is 1. The van der Waals surface area contributed by atoms with Gasteiger partial charge in [0.2, 0.25) is 0 Å². The summed E-state index contributed by atoms with van der Waals surface area (Å²) in [5.74, 6) is 1.13. The SMILES string of the molecule is CC1OC(OC2C(O)CC(OC3C(O)CC(OC4CC[C@@]5(C)C(CC[C@@H]6[C@@H]5CC[C@]5(C)[C@@H](C7=CC(=O)OC7)CCC65O)C4)OC3C)OC2C)CC(O)C1O. The highest BCUT2D eigenvalue weighted by Gasteiger charge is 2.68. The Bertz CT molecular complexity index is 1370. The molecule has 0 radical (unpaired) electrons. The topological polar surface area (TPSA) is 183 Å². The van der Waals surface area contributed by atoms with Crippen LogP contribution in [0, 0.1) is 34.5 Å². The van der Waals surface area contributed by atoms with Crippen molar-refractivity contribution in [2.75, 3.05) is 6.61 Å². The summed E-state index contributed by atoms with van der Waals surface area (Å²) >= 11 is 0. The van der Waals surface area contributed by atoms with Crippen molar-refractivity contribution in [1.82, 2.24) is 0 Å². The molecule has 0 bridgehead atoms. The maximum absolute atomic E-state index is 12.6. The van der Waals surface area contributed by atoms with Crippen molar-refractivity contribution in [3.05, 3.63) is 11.6 Å². The van der Waals surface area contributed by atoms with E-state index in [4.69, 9.17) is 33.2 Å². The number of ether oxygens (including phenoxy) is 7. The first-order chi connectivity index (χ1) is 25.6. The van der Waals surface area contributed by atoms with Crippen molar-refractivity contribution >= 4 is 5.97 Å². The van der Waals surface area contributed by atoms with Gasteiger partial charge in [0.1, 0.15) is 24.9 Å². The summed E-state index contributed by atoms with van der Waals surface area (Å²) in [7, 11) is 0. The van der Waals surface area contributed by atoms with E-state index >= 15 is 0 Å². The monoisotopic (exact) mass is 764 g/mol. The van der Waals surface area contributed by atoms with Crippen molar-refractivity contribution in [3.8, 4) is 0 Å². The van der Waals surface area contributed by atoms with Crippen LogP contribution >= 0.6 is 0 Å². The van der Waals surface area contributed by atoms with Gasteiger partial charge in [0, 0.05) is 30.8 Å². The van der Waals surface area contributed by atoms with Gasteiger partial charge < -0.3 is 58.7 Å². The van der Waals surface area contributed by atoms with E-state index in [-0.39, 0.29) is 54.0 Å². The first-order valence-corrected chi connectivity index (χ1v) is 20.8. The zero-order valence-corrected chi connectivity index (χ0v) is 32.6. The fourth-order valence-corrected chi connectivity index (χ4v) is 12.8. The van der Waals surface area contributed by atoms with Gasteiger partial charge in [0.05, 0.1) is 48.3 Å². The molecule has 0 aromatic rings. The minimum absolute atomic E-state index is 0.0243. The molecule has 5 N–H and O–H groups in total. The zero-order valence-electron chi connectivity index (χ0n) is 32.6. The molecule has 13 heteroatoms. The maximum Gasteiger partial charge on any atom is 0.331 e. The minimum atomic E-state index is -0.996. The van der Waals surface area contributed by atoms with Crippen LogP contribution in [0.4, 0.5) is 0 Å². The summed E-state index contributed by atoms with van der Waals surface area (Å²) in [5.41, 5.74) is 0.215. The number of hydrogen-bond donors (Lipinski definition) is 5. The van der Waals surface area contributed by atoms with Crippen molar-refractivity contribution in [3.63, 3.8) is 0 Å². The van der Waals surface area contributed by atoms with Crippen LogP contribution in [-0.4, -0.2) is 124 Å². The molecule has 0 spiro atoms. The smallest absolute Gasteiger partial charge is 0.331 e. The molecule has 54 heavy (non-hydrogen) atoms. The molecule has 3 saturated heterocycles. The molecule has 4 heterocycles. The van der Waals surface area contributed by atoms with E-state index in [9.17, 15) is 30.3 Å². The molecule has 4 aliphatic carbocycles. The van der Waals surface area contributed by atoms with Crippen LogP contribution in [0.5, 0.6) is 0 Å².